The fourth-order valence-corrected chi connectivity index (χ4v) is 2.04. The fraction of sp³-hybridized carbons (Fsp3) is 0. The minimum atomic E-state index is -0.0355. The summed E-state index contributed by atoms with van der Waals surface area (Å²) in [6.07, 6.45) is 3.35. The zero-order valence-corrected chi connectivity index (χ0v) is 11.8. The molecule has 0 aliphatic rings. The second-order valence-corrected chi connectivity index (χ2v) is 5.11. The summed E-state index contributed by atoms with van der Waals surface area (Å²) in [4.78, 5) is 11.9. The van der Waals surface area contributed by atoms with E-state index in [1.54, 1.807) is 36.4 Å². The minimum Gasteiger partial charge on any atom is -0.289 e. The molecule has 0 bridgehead atoms. The highest BCUT2D eigenvalue weighted by Gasteiger charge is 2.00. The van der Waals surface area contributed by atoms with E-state index in [1.165, 1.54) is 0 Å². The largest absolute Gasteiger partial charge is 0.289 e. The van der Waals surface area contributed by atoms with Crippen molar-refractivity contribution in [2.45, 2.75) is 0 Å². The molecule has 2 aromatic carbocycles. The fourth-order valence-electron chi connectivity index (χ4n) is 1.49. The van der Waals surface area contributed by atoms with Crippen LogP contribution < -0.4 is 0 Å². The number of halogens is 2. The van der Waals surface area contributed by atoms with E-state index in [-0.39, 0.29) is 5.78 Å². The van der Waals surface area contributed by atoms with Gasteiger partial charge in [0.05, 0.1) is 0 Å². The van der Waals surface area contributed by atoms with E-state index in [1.807, 2.05) is 24.3 Å². The van der Waals surface area contributed by atoms with Crippen molar-refractivity contribution in [3.8, 4) is 0 Å². The average molecular weight is 322 g/mol. The molecule has 0 saturated heterocycles. The molecule has 0 saturated carbocycles. The average Bonchev–Trinajstić information content (AvgIpc) is 2.37. The second-order valence-electron chi connectivity index (χ2n) is 3.76. The van der Waals surface area contributed by atoms with Crippen molar-refractivity contribution in [3.63, 3.8) is 0 Å². The molecular weight excluding hydrogens is 312 g/mol. The molecule has 1 nitrogen and oxygen atoms in total. The van der Waals surface area contributed by atoms with Crippen LogP contribution >= 0.6 is 27.5 Å². The molecule has 0 aliphatic heterocycles. The Morgan fingerprint density at radius 2 is 1.83 bits per heavy atom. The van der Waals surface area contributed by atoms with Gasteiger partial charge >= 0.3 is 0 Å². The molecule has 2 rings (SSSR count). The molecule has 0 radical (unpaired) electrons. The van der Waals surface area contributed by atoms with E-state index in [0.717, 1.165) is 10.0 Å². The first-order valence-corrected chi connectivity index (χ1v) is 6.56. The SMILES string of the molecule is O=C(C=Cc1cccc(Br)c1)c1ccc(Cl)cc1. The predicted molar refractivity (Wildman–Crippen MR) is 79.0 cm³/mol. The van der Waals surface area contributed by atoms with Crippen LogP contribution in [0.3, 0.4) is 0 Å². The first-order chi connectivity index (χ1) is 8.65. The Morgan fingerprint density at radius 3 is 2.50 bits per heavy atom. The third-order valence-electron chi connectivity index (χ3n) is 2.40. The summed E-state index contributed by atoms with van der Waals surface area (Å²) in [7, 11) is 0. The number of benzene rings is 2. The van der Waals surface area contributed by atoms with Gasteiger partial charge in [0.1, 0.15) is 0 Å². The second kappa shape index (κ2) is 5.98. The molecule has 18 heavy (non-hydrogen) atoms. The molecule has 90 valence electrons. The van der Waals surface area contributed by atoms with Gasteiger partial charge in [0, 0.05) is 15.1 Å². The number of carbonyl (C=O) groups is 1. The van der Waals surface area contributed by atoms with Gasteiger partial charge in [-0.2, -0.15) is 0 Å². The van der Waals surface area contributed by atoms with Gasteiger partial charge in [-0.3, -0.25) is 4.79 Å². The predicted octanol–water partition coefficient (Wildman–Crippen LogP) is 5.00. The zero-order valence-electron chi connectivity index (χ0n) is 9.44. The van der Waals surface area contributed by atoms with Gasteiger partial charge in [-0.05, 0) is 48.0 Å². The summed E-state index contributed by atoms with van der Waals surface area (Å²) in [5, 5.41) is 0.627. The number of carbonyl (C=O) groups excluding carboxylic acids is 1. The van der Waals surface area contributed by atoms with Gasteiger partial charge < -0.3 is 0 Å². The zero-order chi connectivity index (χ0) is 13.0. The van der Waals surface area contributed by atoms with Crippen LogP contribution in [0.25, 0.3) is 6.08 Å². The Balaban J connectivity index is 2.14. The van der Waals surface area contributed by atoms with Crippen molar-refractivity contribution >= 4 is 39.4 Å². The van der Waals surface area contributed by atoms with E-state index < -0.39 is 0 Å². The van der Waals surface area contributed by atoms with Gasteiger partial charge in [-0.1, -0.05) is 45.7 Å². The molecule has 0 unspecified atom stereocenters. The first-order valence-electron chi connectivity index (χ1n) is 5.39. The van der Waals surface area contributed by atoms with Crippen LogP contribution in [-0.4, -0.2) is 5.78 Å². The van der Waals surface area contributed by atoms with E-state index >= 15 is 0 Å². The highest BCUT2D eigenvalue weighted by molar-refractivity contribution is 9.10. The first kappa shape index (κ1) is 13.1. The van der Waals surface area contributed by atoms with Crippen LogP contribution in [0.5, 0.6) is 0 Å². The number of allylic oxidation sites excluding steroid dienone is 1. The number of ketones is 1. The molecule has 0 aromatic heterocycles. The lowest BCUT2D eigenvalue weighted by atomic mass is 10.1. The van der Waals surface area contributed by atoms with Crippen LogP contribution in [0.15, 0.2) is 59.1 Å². The van der Waals surface area contributed by atoms with E-state index in [9.17, 15) is 4.79 Å². The van der Waals surface area contributed by atoms with Crippen molar-refractivity contribution in [2.75, 3.05) is 0 Å². The topological polar surface area (TPSA) is 17.1 Å². The maximum atomic E-state index is 11.9. The molecule has 0 amide bonds. The number of hydrogen-bond donors (Lipinski definition) is 0. The summed E-state index contributed by atoms with van der Waals surface area (Å²) in [5.74, 6) is -0.0355. The molecule has 0 atom stereocenters. The Bertz CT molecular complexity index is 588. The molecule has 3 heteroatoms. The maximum Gasteiger partial charge on any atom is 0.185 e. The summed E-state index contributed by atoms with van der Waals surface area (Å²) in [6.45, 7) is 0. The third kappa shape index (κ3) is 3.56. The van der Waals surface area contributed by atoms with Crippen molar-refractivity contribution in [2.24, 2.45) is 0 Å². The van der Waals surface area contributed by atoms with Crippen molar-refractivity contribution < 1.29 is 4.79 Å². The van der Waals surface area contributed by atoms with Crippen molar-refractivity contribution in [1.29, 1.82) is 0 Å². The molecule has 0 N–H and O–H groups in total. The normalized spacial score (nSPS) is 10.8. The van der Waals surface area contributed by atoms with Gasteiger partial charge in [-0.25, -0.2) is 0 Å². The van der Waals surface area contributed by atoms with Crippen LogP contribution in [0.2, 0.25) is 5.02 Å². The van der Waals surface area contributed by atoms with Crippen molar-refractivity contribution in [3.05, 3.63) is 75.2 Å². The Labute approximate surface area is 119 Å². The summed E-state index contributed by atoms with van der Waals surface area (Å²) in [5.41, 5.74) is 1.61. The lowest BCUT2D eigenvalue weighted by Gasteiger charge is -1.97. The van der Waals surface area contributed by atoms with E-state index in [2.05, 4.69) is 15.9 Å². The molecule has 0 spiro atoms. The van der Waals surface area contributed by atoms with Crippen LogP contribution in [-0.2, 0) is 0 Å². The van der Waals surface area contributed by atoms with E-state index in [4.69, 9.17) is 11.6 Å². The quantitative estimate of drug-likeness (QED) is 0.574. The standard InChI is InChI=1S/C15H10BrClO/c16-13-3-1-2-11(10-13)4-9-15(18)12-5-7-14(17)8-6-12/h1-10H. The van der Waals surface area contributed by atoms with Gasteiger partial charge in [0.2, 0.25) is 0 Å². The van der Waals surface area contributed by atoms with Crippen LogP contribution in [0.4, 0.5) is 0 Å². The Morgan fingerprint density at radius 1 is 1.11 bits per heavy atom. The molecule has 0 fully saturated rings. The van der Waals surface area contributed by atoms with Gasteiger partial charge in [0.15, 0.2) is 5.78 Å². The van der Waals surface area contributed by atoms with E-state index in [0.29, 0.717) is 10.6 Å². The Kier molecular flexibility index (Phi) is 4.34. The third-order valence-corrected chi connectivity index (χ3v) is 3.15. The summed E-state index contributed by atoms with van der Waals surface area (Å²) >= 11 is 9.16. The van der Waals surface area contributed by atoms with Crippen LogP contribution in [0, 0.1) is 0 Å². The highest BCUT2D eigenvalue weighted by Crippen LogP contribution is 2.14. The monoisotopic (exact) mass is 320 g/mol. The van der Waals surface area contributed by atoms with Gasteiger partial charge in [0.25, 0.3) is 0 Å². The number of hydrogen-bond acceptors (Lipinski definition) is 1. The lowest BCUT2D eigenvalue weighted by Crippen LogP contribution is -1.92. The summed E-state index contributed by atoms with van der Waals surface area (Å²) < 4.78 is 0.989. The minimum absolute atomic E-state index is 0.0355. The Hall–Kier alpha value is -1.38. The molecule has 2 aromatic rings. The maximum absolute atomic E-state index is 11.9. The number of rotatable bonds is 3. The molecular formula is C15H10BrClO. The highest BCUT2D eigenvalue weighted by atomic mass is 79.9. The molecule has 0 heterocycles. The van der Waals surface area contributed by atoms with Crippen molar-refractivity contribution in [1.82, 2.24) is 0 Å². The lowest BCUT2D eigenvalue weighted by molar-refractivity contribution is 0.104. The summed E-state index contributed by atoms with van der Waals surface area (Å²) in [6, 6.07) is 14.6. The molecule has 0 aliphatic carbocycles. The van der Waals surface area contributed by atoms with Gasteiger partial charge in [-0.15, -0.1) is 0 Å². The smallest absolute Gasteiger partial charge is 0.185 e. The van der Waals surface area contributed by atoms with Crippen LogP contribution in [0.1, 0.15) is 15.9 Å².